The van der Waals surface area contributed by atoms with Gasteiger partial charge in [-0.05, 0) is 77.8 Å². The molecule has 4 rings (SSSR count). The molecule has 2 unspecified atom stereocenters. The van der Waals surface area contributed by atoms with Crippen molar-refractivity contribution >= 4 is 21.7 Å². The molecule has 0 saturated carbocycles. The first-order chi connectivity index (χ1) is 22.5. The summed E-state index contributed by atoms with van der Waals surface area (Å²) in [6.45, 7) is 5.12. The van der Waals surface area contributed by atoms with E-state index in [2.05, 4.69) is 10.3 Å². The van der Waals surface area contributed by atoms with Crippen molar-refractivity contribution in [2.75, 3.05) is 6.26 Å². The van der Waals surface area contributed by atoms with Crippen LogP contribution in [0.5, 0.6) is 5.75 Å². The summed E-state index contributed by atoms with van der Waals surface area (Å²) >= 11 is 0. The van der Waals surface area contributed by atoms with Crippen LogP contribution in [0.15, 0.2) is 79.3 Å². The number of amides is 1. The zero-order valence-electron chi connectivity index (χ0n) is 27.6. The van der Waals surface area contributed by atoms with Gasteiger partial charge in [-0.15, -0.1) is 0 Å². The third kappa shape index (κ3) is 9.72. The van der Waals surface area contributed by atoms with Crippen molar-refractivity contribution in [1.82, 2.24) is 14.9 Å². The van der Waals surface area contributed by atoms with Crippen LogP contribution in [0.4, 0.5) is 8.78 Å². The van der Waals surface area contributed by atoms with Crippen LogP contribution in [0.3, 0.4) is 0 Å². The van der Waals surface area contributed by atoms with E-state index >= 15 is 0 Å². The van der Waals surface area contributed by atoms with E-state index in [1.807, 2.05) is 11.6 Å². The lowest BCUT2D eigenvalue weighted by Crippen LogP contribution is -2.47. The van der Waals surface area contributed by atoms with Crippen molar-refractivity contribution < 1.29 is 36.6 Å². The van der Waals surface area contributed by atoms with Gasteiger partial charge in [0.25, 0.3) is 5.91 Å². The Balaban J connectivity index is 1.69. The fourth-order valence-electron chi connectivity index (χ4n) is 5.67. The van der Waals surface area contributed by atoms with Crippen LogP contribution in [0, 0.1) is 17.0 Å². The SMILES string of the molecule is Cn1cncc1CC(Oc1ccc(CCc2ccc(F)cc2)c(C(=O)N[C@@H](CC(C(C)(C)C)S(C)(=O)=O)C(=O)O)c1)c1ccc(F)cc1. The summed E-state index contributed by atoms with van der Waals surface area (Å²) in [5.41, 5.74) is 2.30. The van der Waals surface area contributed by atoms with Crippen LogP contribution in [0.1, 0.15) is 66.0 Å². The number of hydrogen-bond acceptors (Lipinski definition) is 6. The minimum atomic E-state index is -3.67. The topological polar surface area (TPSA) is 128 Å². The predicted molar refractivity (Wildman–Crippen MR) is 179 cm³/mol. The highest BCUT2D eigenvalue weighted by atomic mass is 32.2. The molecule has 3 atom stereocenters. The summed E-state index contributed by atoms with van der Waals surface area (Å²) in [5.74, 6) is -2.55. The lowest BCUT2D eigenvalue weighted by atomic mass is 9.87. The molecule has 1 heterocycles. The Bertz CT molecular complexity index is 1830. The molecular formula is C36H41F2N3O6S. The summed E-state index contributed by atoms with van der Waals surface area (Å²) in [6, 6.07) is 15.3. The van der Waals surface area contributed by atoms with Crippen LogP contribution in [0.25, 0.3) is 0 Å². The number of ether oxygens (including phenoxy) is 1. The molecule has 12 heteroatoms. The monoisotopic (exact) mass is 681 g/mol. The summed E-state index contributed by atoms with van der Waals surface area (Å²) in [7, 11) is -1.82. The maximum Gasteiger partial charge on any atom is 0.326 e. The molecule has 0 bridgehead atoms. The molecule has 48 heavy (non-hydrogen) atoms. The van der Waals surface area contributed by atoms with E-state index < -0.39 is 50.3 Å². The van der Waals surface area contributed by atoms with Gasteiger partial charge in [0.05, 0.1) is 11.6 Å². The standard InChI is InChI=1S/C36H41F2N3O6S/c1-36(2,3)33(48(5,45)46)20-31(35(43)44)40-34(42)30-19-29(17-12-24(30)9-6-23-7-13-26(37)14-8-23)47-32(18-28-21-39-22-41(28)4)25-10-15-27(38)16-11-25/h7-8,10-17,19,21-22,31-33H,6,9,18,20H2,1-5H3,(H,40,42)(H,43,44)/t31-,32?,33?/m0/s1. The number of carboxylic acids is 1. The number of benzene rings is 3. The van der Waals surface area contributed by atoms with Crippen LogP contribution in [0.2, 0.25) is 0 Å². The average Bonchev–Trinajstić information content (AvgIpc) is 3.41. The summed E-state index contributed by atoms with van der Waals surface area (Å²) < 4.78 is 60.8. The summed E-state index contributed by atoms with van der Waals surface area (Å²) in [6.07, 6.45) is 4.67. The highest BCUT2D eigenvalue weighted by Gasteiger charge is 2.38. The Hall–Kier alpha value is -4.58. The summed E-state index contributed by atoms with van der Waals surface area (Å²) in [5, 5.41) is 11.6. The van der Waals surface area contributed by atoms with Crippen molar-refractivity contribution in [3.8, 4) is 5.75 Å². The molecule has 256 valence electrons. The third-order valence-electron chi connectivity index (χ3n) is 8.29. The molecule has 0 radical (unpaired) electrons. The van der Waals surface area contributed by atoms with Crippen molar-refractivity contribution in [3.05, 3.63) is 119 Å². The lowest BCUT2D eigenvalue weighted by Gasteiger charge is -2.31. The number of nitrogens with zero attached hydrogens (tertiary/aromatic N) is 2. The molecule has 0 spiro atoms. The van der Waals surface area contributed by atoms with Gasteiger partial charge < -0.3 is 19.7 Å². The molecule has 3 aromatic carbocycles. The first-order valence-electron chi connectivity index (χ1n) is 15.5. The molecule has 2 N–H and O–H groups in total. The number of carbonyl (C=O) groups is 2. The number of carbonyl (C=O) groups excluding carboxylic acids is 1. The fraction of sp³-hybridized carbons (Fsp3) is 0.361. The van der Waals surface area contributed by atoms with E-state index in [1.165, 1.54) is 30.3 Å². The molecule has 0 saturated heterocycles. The number of aliphatic carboxylic acids is 1. The molecule has 9 nitrogen and oxygen atoms in total. The Morgan fingerprint density at radius 2 is 1.60 bits per heavy atom. The van der Waals surface area contributed by atoms with E-state index in [0.29, 0.717) is 36.1 Å². The van der Waals surface area contributed by atoms with Crippen LogP contribution in [-0.2, 0) is 40.9 Å². The van der Waals surface area contributed by atoms with Crippen LogP contribution < -0.4 is 10.1 Å². The second-order valence-electron chi connectivity index (χ2n) is 13.1. The van der Waals surface area contributed by atoms with Gasteiger partial charge in [-0.1, -0.05) is 51.1 Å². The molecule has 1 aromatic heterocycles. The number of rotatable bonds is 14. The van der Waals surface area contributed by atoms with Gasteiger partial charge in [-0.25, -0.2) is 27.0 Å². The van der Waals surface area contributed by atoms with Gasteiger partial charge in [0.1, 0.15) is 29.5 Å². The minimum absolute atomic E-state index is 0.144. The van der Waals surface area contributed by atoms with E-state index in [1.54, 1.807) is 69.7 Å². The number of hydrogen-bond donors (Lipinski definition) is 2. The first kappa shape index (κ1) is 36.3. The number of sulfone groups is 1. The first-order valence-corrected chi connectivity index (χ1v) is 17.4. The normalized spacial score (nSPS) is 13.8. The van der Waals surface area contributed by atoms with E-state index in [4.69, 9.17) is 4.74 Å². The van der Waals surface area contributed by atoms with Crippen LogP contribution >= 0.6 is 0 Å². The Morgan fingerprint density at radius 1 is 0.979 bits per heavy atom. The number of imidazole rings is 1. The van der Waals surface area contributed by atoms with Crippen molar-refractivity contribution in [1.29, 1.82) is 0 Å². The highest BCUT2D eigenvalue weighted by molar-refractivity contribution is 7.91. The molecule has 0 aliphatic heterocycles. The highest BCUT2D eigenvalue weighted by Crippen LogP contribution is 2.31. The number of halogens is 2. The van der Waals surface area contributed by atoms with Gasteiger partial charge in [-0.3, -0.25) is 4.79 Å². The number of carboxylic acid groups (broad SMARTS) is 1. The average molecular weight is 682 g/mol. The van der Waals surface area contributed by atoms with E-state index in [-0.39, 0.29) is 17.8 Å². The quantitative estimate of drug-likeness (QED) is 0.170. The van der Waals surface area contributed by atoms with Crippen molar-refractivity contribution in [2.45, 2.75) is 63.9 Å². The molecule has 1 amide bonds. The molecule has 4 aromatic rings. The minimum Gasteiger partial charge on any atom is -0.485 e. The maximum atomic E-state index is 13.9. The van der Waals surface area contributed by atoms with Crippen molar-refractivity contribution in [3.63, 3.8) is 0 Å². The zero-order chi connectivity index (χ0) is 35.2. The fourth-order valence-corrected chi connectivity index (χ4v) is 7.50. The van der Waals surface area contributed by atoms with E-state index in [0.717, 1.165) is 17.5 Å². The number of nitrogens with one attached hydrogen (secondary N) is 1. The molecular weight excluding hydrogens is 640 g/mol. The maximum absolute atomic E-state index is 13.9. The Kier molecular flexibility index (Phi) is 11.4. The molecule has 0 aliphatic rings. The zero-order valence-corrected chi connectivity index (χ0v) is 28.4. The second kappa shape index (κ2) is 15.1. The van der Waals surface area contributed by atoms with Gasteiger partial charge >= 0.3 is 5.97 Å². The molecule has 0 fully saturated rings. The number of aryl methyl sites for hydroxylation is 3. The van der Waals surface area contributed by atoms with Gasteiger partial charge in [-0.2, -0.15) is 0 Å². The predicted octanol–water partition coefficient (Wildman–Crippen LogP) is 5.88. The van der Waals surface area contributed by atoms with Gasteiger partial charge in [0, 0.05) is 37.2 Å². The smallest absolute Gasteiger partial charge is 0.326 e. The lowest BCUT2D eigenvalue weighted by molar-refractivity contribution is -0.139. The Morgan fingerprint density at radius 3 is 2.15 bits per heavy atom. The van der Waals surface area contributed by atoms with Gasteiger partial charge in [0.15, 0.2) is 9.84 Å². The number of aromatic nitrogens is 2. The van der Waals surface area contributed by atoms with Crippen LogP contribution in [-0.4, -0.2) is 52.5 Å². The summed E-state index contributed by atoms with van der Waals surface area (Å²) in [4.78, 5) is 30.4. The van der Waals surface area contributed by atoms with Crippen molar-refractivity contribution in [2.24, 2.45) is 12.5 Å². The molecule has 0 aliphatic carbocycles. The second-order valence-corrected chi connectivity index (χ2v) is 15.3. The van der Waals surface area contributed by atoms with Gasteiger partial charge in [0.2, 0.25) is 0 Å². The van der Waals surface area contributed by atoms with E-state index in [9.17, 15) is 31.9 Å². The third-order valence-corrected chi connectivity index (χ3v) is 10.2. The largest absolute Gasteiger partial charge is 0.485 e. The Labute approximate surface area is 279 Å².